The lowest BCUT2D eigenvalue weighted by Crippen LogP contribution is -2.39. The van der Waals surface area contributed by atoms with Crippen LogP contribution in [0.4, 0.5) is 0 Å². The summed E-state index contributed by atoms with van der Waals surface area (Å²) in [5, 5.41) is 3.42. The Morgan fingerprint density at radius 1 is 1.33 bits per heavy atom. The normalized spacial score (nSPS) is 28.1. The number of rotatable bonds is 5. The van der Waals surface area contributed by atoms with Gasteiger partial charge in [-0.3, -0.25) is 4.79 Å². The maximum absolute atomic E-state index is 12.2. The fourth-order valence-corrected chi connectivity index (χ4v) is 3.21. The Balaban J connectivity index is 1.42. The number of nitrogens with one attached hydrogen (secondary N) is 1. The lowest BCUT2D eigenvalue weighted by Gasteiger charge is -2.20. The first kappa shape index (κ1) is 14.5. The number of likely N-dealkylation sites (tertiary alicyclic amines) is 1. The summed E-state index contributed by atoms with van der Waals surface area (Å²) in [4.78, 5) is 16.4. The highest BCUT2D eigenvalue weighted by Gasteiger charge is 2.38. The Morgan fingerprint density at radius 3 is 2.76 bits per heavy atom. The molecule has 1 aliphatic heterocycles. The quantitative estimate of drug-likeness (QED) is 0.886. The number of carbonyl (C=O) groups excluding carboxylic acids is 1. The van der Waals surface area contributed by atoms with Crippen LogP contribution in [0.15, 0.2) is 30.3 Å². The van der Waals surface area contributed by atoms with Gasteiger partial charge in [0.1, 0.15) is 0 Å². The molecule has 3 atom stereocenters. The van der Waals surface area contributed by atoms with Crippen molar-refractivity contribution in [3.05, 3.63) is 35.9 Å². The van der Waals surface area contributed by atoms with Crippen LogP contribution in [0.2, 0.25) is 0 Å². The van der Waals surface area contributed by atoms with Crippen molar-refractivity contribution in [1.29, 1.82) is 0 Å². The molecule has 1 heterocycles. The number of hydrogen-bond acceptors (Lipinski definition) is 3. The third-order valence-corrected chi connectivity index (χ3v) is 4.78. The van der Waals surface area contributed by atoms with Crippen molar-refractivity contribution in [3.8, 4) is 0 Å². The van der Waals surface area contributed by atoms with Gasteiger partial charge in [0.25, 0.3) is 0 Å². The topological polar surface area (TPSA) is 35.6 Å². The number of benzene rings is 1. The van der Waals surface area contributed by atoms with Crippen molar-refractivity contribution in [3.63, 3.8) is 0 Å². The summed E-state index contributed by atoms with van der Waals surface area (Å²) in [5.41, 5.74) is 1.39. The maximum atomic E-state index is 12.2. The van der Waals surface area contributed by atoms with Gasteiger partial charge in [0.15, 0.2) is 0 Å². The zero-order valence-corrected chi connectivity index (χ0v) is 13.0. The van der Waals surface area contributed by atoms with Gasteiger partial charge in [0.05, 0.1) is 6.54 Å². The van der Waals surface area contributed by atoms with E-state index in [1.807, 2.05) is 11.0 Å². The lowest BCUT2D eigenvalue weighted by atomic mass is 10.1. The molecule has 1 aliphatic carbocycles. The first-order valence-corrected chi connectivity index (χ1v) is 7.87. The highest BCUT2D eigenvalue weighted by atomic mass is 16.2. The predicted molar refractivity (Wildman–Crippen MR) is 84.3 cm³/mol. The number of carbonyl (C=O) groups is 1. The molecule has 21 heavy (non-hydrogen) atoms. The van der Waals surface area contributed by atoms with Crippen LogP contribution in [0.1, 0.15) is 24.3 Å². The van der Waals surface area contributed by atoms with Crippen LogP contribution in [-0.4, -0.2) is 61.5 Å². The van der Waals surface area contributed by atoms with Gasteiger partial charge < -0.3 is 15.1 Å². The van der Waals surface area contributed by atoms with Crippen molar-refractivity contribution in [2.75, 3.05) is 33.7 Å². The Hall–Kier alpha value is -1.39. The third-order valence-electron chi connectivity index (χ3n) is 4.78. The van der Waals surface area contributed by atoms with Crippen LogP contribution in [0.25, 0.3) is 0 Å². The van der Waals surface area contributed by atoms with Gasteiger partial charge in [0.2, 0.25) is 5.91 Å². The molecule has 1 aromatic rings. The Bertz CT molecular complexity index is 488. The standard InChI is InChI=1S/C17H25N3O/c1-19(2)14-8-9-20(12-14)17(21)11-18-16-10-15(16)13-6-4-3-5-7-13/h3-7,14-16,18H,8-12H2,1-2H3/t14-,15?,16+/m1/s1. The van der Waals surface area contributed by atoms with Crippen molar-refractivity contribution in [2.45, 2.75) is 30.8 Å². The van der Waals surface area contributed by atoms with Gasteiger partial charge in [-0.05, 0) is 32.5 Å². The van der Waals surface area contributed by atoms with Crippen LogP contribution < -0.4 is 5.32 Å². The van der Waals surface area contributed by atoms with E-state index in [0.717, 1.165) is 25.9 Å². The molecular weight excluding hydrogens is 262 g/mol. The van der Waals surface area contributed by atoms with E-state index in [1.165, 1.54) is 5.56 Å². The Labute approximate surface area is 127 Å². The van der Waals surface area contributed by atoms with E-state index in [4.69, 9.17) is 0 Å². The van der Waals surface area contributed by atoms with Gasteiger partial charge in [0, 0.05) is 31.1 Å². The summed E-state index contributed by atoms with van der Waals surface area (Å²) in [7, 11) is 4.18. The fourth-order valence-electron chi connectivity index (χ4n) is 3.21. The minimum absolute atomic E-state index is 0.248. The molecule has 0 bridgehead atoms. The minimum atomic E-state index is 0.248. The number of likely N-dealkylation sites (N-methyl/N-ethyl adjacent to an activating group) is 1. The zero-order valence-electron chi connectivity index (χ0n) is 13.0. The first-order valence-electron chi connectivity index (χ1n) is 7.87. The molecule has 1 N–H and O–H groups in total. The molecule has 0 radical (unpaired) electrons. The van der Waals surface area contributed by atoms with Crippen LogP contribution in [0.3, 0.4) is 0 Å². The van der Waals surface area contributed by atoms with Gasteiger partial charge in [-0.15, -0.1) is 0 Å². The maximum Gasteiger partial charge on any atom is 0.236 e. The van der Waals surface area contributed by atoms with E-state index in [1.54, 1.807) is 0 Å². The highest BCUT2D eigenvalue weighted by Crippen LogP contribution is 2.40. The van der Waals surface area contributed by atoms with E-state index in [-0.39, 0.29) is 5.91 Å². The first-order chi connectivity index (χ1) is 10.1. The summed E-state index contributed by atoms with van der Waals surface area (Å²) in [6, 6.07) is 11.6. The molecule has 0 aromatic heterocycles. The monoisotopic (exact) mass is 287 g/mol. The Morgan fingerprint density at radius 2 is 2.10 bits per heavy atom. The van der Waals surface area contributed by atoms with Crippen molar-refractivity contribution >= 4 is 5.91 Å². The Kier molecular flexibility index (Phi) is 4.27. The van der Waals surface area contributed by atoms with E-state index in [2.05, 4.69) is 48.6 Å². The molecule has 4 nitrogen and oxygen atoms in total. The fraction of sp³-hybridized carbons (Fsp3) is 0.588. The molecule has 3 rings (SSSR count). The second kappa shape index (κ2) is 6.16. The summed E-state index contributed by atoms with van der Waals surface area (Å²) >= 11 is 0. The molecular formula is C17H25N3O. The van der Waals surface area contributed by atoms with Gasteiger partial charge >= 0.3 is 0 Å². The second-order valence-electron chi connectivity index (χ2n) is 6.49. The minimum Gasteiger partial charge on any atom is -0.340 e. The highest BCUT2D eigenvalue weighted by molar-refractivity contribution is 5.78. The van der Waals surface area contributed by atoms with Crippen LogP contribution in [-0.2, 0) is 4.79 Å². The third kappa shape index (κ3) is 3.44. The van der Waals surface area contributed by atoms with Gasteiger partial charge in [-0.25, -0.2) is 0 Å². The molecule has 1 unspecified atom stereocenters. The lowest BCUT2D eigenvalue weighted by molar-refractivity contribution is -0.129. The smallest absolute Gasteiger partial charge is 0.236 e. The van der Waals surface area contributed by atoms with Crippen molar-refractivity contribution in [1.82, 2.24) is 15.1 Å². The van der Waals surface area contributed by atoms with Crippen molar-refractivity contribution in [2.24, 2.45) is 0 Å². The molecule has 2 aliphatic rings. The molecule has 2 fully saturated rings. The summed E-state index contributed by atoms with van der Waals surface area (Å²) in [6.45, 7) is 2.25. The van der Waals surface area contributed by atoms with Crippen molar-refractivity contribution < 1.29 is 4.79 Å². The summed E-state index contributed by atoms with van der Waals surface area (Å²) in [6.07, 6.45) is 2.24. The van der Waals surface area contributed by atoms with Crippen LogP contribution in [0.5, 0.6) is 0 Å². The molecule has 1 saturated heterocycles. The number of nitrogens with zero attached hydrogens (tertiary/aromatic N) is 2. The summed E-state index contributed by atoms with van der Waals surface area (Å²) < 4.78 is 0. The molecule has 1 saturated carbocycles. The summed E-state index contributed by atoms with van der Waals surface area (Å²) in [5.74, 6) is 0.838. The van der Waals surface area contributed by atoms with E-state index in [9.17, 15) is 4.79 Å². The number of hydrogen-bond donors (Lipinski definition) is 1. The average Bonchev–Trinajstić information content (AvgIpc) is 3.09. The van der Waals surface area contributed by atoms with Gasteiger partial charge in [-0.1, -0.05) is 30.3 Å². The van der Waals surface area contributed by atoms with E-state index in [0.29, 0.717) is 24.5 Å². The second-order valence-corrected chi connectivity index (χ2v) is 6.49. The zero-order chi connectivity index (χ0) is 14.8. The van der Waals surface area contributed by atoms with Gasteiger partial charge in [-0.2, -0.15) is 0 Å². The predicted octanol–water partition coefficient (Wildman–Crippen LogP) is 1.29. The van der Waals surface area contributed by atoms with Crippen LogP contribution in [0, 0.1) is 0 Å². The molecule has 0 spiro atoms. The molecule has 1 amide bonds. The molecule has 1 aromatic carbocycles. The van der Waals surface area contributed by atoms with E-state index >= 15 is 0 Å². The number of amides is 1. The average molecular weight is 287 g/mol. The van der Waals surface area contributed by atoms with Crippen LogP contribution >= 0.6 is 0 Å². The largest absolute Gasteiger partial charge is 0.340 e. The molecule has 114 valence electrons. The SMILES string of the molecule is CN(C)[C@@H]1CCN(C(=O)CN[C@H]2CC2c2ccccc2)C1. The van der Waals surface area contributed by atoms with E-state index < -0.39 is 0 Å². The molecule has 4 heteroatoms.